The van der Waals surface area contributed by atoms with Crippen molar-refractivity contribution in [3.63, 3.8) is 0 Å². The van der Waals surface area contributed by atoms with E-state index in [0.717, 1.165) is 16.8 Å². The molecular weight excluding hydrogens is 303 g/mol. The van der Waals surface area contributed by atoms with Crippen molar-refractivity contribution in [1.29, 1.82) is 0 Å². The van der Waals surface area contributed by atoms with Crippen molar-refractivity contribution < 1.29 is 4.74 Å². The molecule has 3 heteroatoms. The number of rotatable bonds is 1. The molecule has 1 aromatic carbocycles. The summed E-state index contributed by atoms with van der Waals surface area (Å²) in [4.78, 5) is 0. The number of ether oxygens (including phenoxy) is 1. The van der Waals surface area contributed by atoms with Crippen molar-refractivity contribution in [2.24, 2.45) is 0 Å². The van der Waals surface area contributed by atoms with Crippen molar-refractivity contribution in [3.8, 4) is 0 Å². The third-order valence-electron chi connectivity index (χ3n) is 2.92. The van der Waals surface area contributed by atoms with Gasteiger partial charge >= 0.3 is 0 Å². The highest BCUT2D eigenvalue weighted by Crippen LogP contribution is 2.32. The van der Waals surface area contributed by atoms with E-state index in [-0.39, 0.29) is 5.22 Å². The summed E-state index contributed by atoms with van der Waals surface area (Å²) in [7, 11) is 1.09. The molecule has 0 aliphatic carbocycles. The molecule has 1 aliphatic rings. The van der Waals surface area contributed by atoms with E-state index >= 15 is 0 Å². The molecule has 0 bridgehead atoms. The van der Waals surface area contributed by atoms with Crippen LogP contribution < -0.4 is 0 Å². The van der Waals surface area contributed by atoms with E-state index in [4.69, 9.17) is 4.74 Å². The molecule has 0 amide bonds. The smallest absolute Gasteiger partial charge is 0.0723 e. The molecule has 1 heterocycles. The van der Waals surface area contributed by atoms with Gasteiger partial charge in [0.1, 0.15) is 0 Å². The van der Waals surface area contributed by atoms with Gasteiger partial charge in [-0.05, 0) is 59.5 Å². The lowest BCUT2D eigenvalue weighted by Gasteiger charge is -2.34. The van der Waals surface area contributed by atoms with Gasteiger partial charge in [0.25, 0.3) is 0 Å². The molecule has 0 N–H and O–H groups in total. The Morgan fingerprint density at radius 1 is 1.21 bits per heavy atom. The lowest BCUT2D eigenvalue weighted by Crippen LogP contribution is -2.33. The summed E-state index contributed by atoms with van der Waals surface area (Å²) in [5.41, 5.74) is 1.38. The molecule has 2 rings (SSSR count). The number of halogens is 1. The molecule has 76 valence electrons. The molecule has 1 aromatic rings. The van der Waals surface area contributed by atoms with E-state index < -0.39 is 0 Å². The zero-order valence-corrected chi connectivity index (χ0v) is 12.6. The minimum absolute atomic E-state index is 0.0998. The van der Waals surface area contributed by atoms with Gasteiger partial charge in [-0.1, -0.05) is 12.1 Å². The maximum Gasteiger partial charge on any atom is 0.0723 e. The SMILES string of the molecule is [SiH3]C1(c2ccc(I)cc2)CCCCO1. The Labute approximate surface area is 102 Å². The molecule has 1 saturated heterocycles. The lowest BCUT2D eigenvalue weighted by molar-refractivity contribution is -0.0210. The molecule has 1 unspecified atom stereocenters. The molecule has 14 heavy (non-hydrogen) atoms. The van der Waals surface area contributed by atoms with Gasteiger partial charge in [0.2, 0.25) is 0 Å². The Hall–Kier alpha value is 0.127. The third-order valence-corrected chi connectivity index (χ3v) is 5.01. The zero-order valence-electron chi connectivity index (χ0n) is 8.42. The highest BCUT2D eigenvalue weighted by molar-refractivity contribution is 14.1. The maximum absolute atomic E-state index is 5.95. The first-order valence-corrected chi connectivity index (χ1v) is 7.19. The largest absolute Gasteiger partial charge is 0.375 e. The van der Waals surface area contributed by atoms with Crippen LogP contribution in [0.5, 0.6) is 0 Å². The molecule has 0 aromatic heterocycles. The Kier molecular flexibility index (Phi) is 3.29. The summed E-state index contributed by atoms with van der Waals surface area (Å²) in [6.07, 6.45) is 3.75. The van der Waals surface area contributed by atoms with Gasteiger partial charge < -0.3 is 4.74 Å². The predicted molar refractivity (Wildman–Crippen MR) is 70.6 cm³/mol. The summed E-state index contributed by atoms with van der Waals surface area (Å²) in [6.45, 7) is 0.940. The standard InChI is InChI=1S/C11H15IOSi/c12-10-5-3-9(4-6-10)11(14)7-1-2-8-13-11/h3-6H,1-2,7-8H2,14H3. The predicted octanol–water partition coefficient (Wildman–Crippen LogP) is 2.01. The average Bonchev–Trinajstić information content (AvgIpc) is 2.19. The highest BCUT2D eigenvalue weighted by Gasteiger charge is 2.29. The Morgan fingerprint density at radius 2 is 1.93 bits per heavy atom. The number of hydrogen-bond donors (Lipinski definition) is 0. The second-order valence-electron chi connectivity index (χ2n) is 4.04. The van der Waals surface area contributed by atoms with Gasteiger partial charge in [0.05, 0.1) is 5.22 Å². The maximum atomic E-state index is 5.95. The van der Waals surface area contributed by atoms with Crippen molar-refractivity contribution in [1.82, 2.24) is 0 Å². The molecule has 1 fully saturated rings. The molecule has 0 spiro atoms. The van der Waals surface area contributed by atoms with Crippen LogP contribution in [-0.2, 0) is 9.96 Å². The molecule has 0 radical (unpaired) electrons. The van der Waals surface area contributed by atoms with E-state index in [1.807, 2.05) is 0 Å². The van der Waals surface area contributed by atoms with Crippen LogP contribution in [0.2, 0.25) is 0 Å². The Balaban J connectivity index is 2.23. The molecule has 1 atom stereocenters. The highest BCUT2D eigenvalue weighted by atomic mass is 127. The van der Waals surface area contributed by atoms with Crippen molar-refractivity contribution >= 4 is 32.8 Å². The fourth-order valence-corrected chi connectivity index (χ4v) is 3.21. The quantitative estimate of drug-likeness (QED) is 0.569. The monoisotopic (exact) mass is 318 g/mol. The van der Waals surface area contributed by atoms with Gasteiger partial charge in [0, 0.05) is 20.4 Å². The lowest BCUT2D eigenvalue weighted by atomic mass is 10.0. The van der Waals surface area contributed by atoms with Gasteiger partial charge in [-0.25, -0.2) is 0 Å². The zero-order chi connectivity index (χ0) is 10.0. The third kappa shape index (κ3) is 2.20. The van der Waals surface area contributed by atoms with Crippen LogP contribution in [0.25, 0.3) is 0 Å². The van der Waals surface area contributed by atoms with E-state index in [1.54, 1.807) is 0 Å². The first-order valence-electron chi connectivity index (χ1n) is 5.11. The molecule has 0 saturated carbocycles. The summed E-state index contributed by atoms with van der Waals surface area (Å²) >= 11 is 2.34. The van der Waals surface area contributed by atoms with Crippen LogP contribution in [0.15, 0.2) is 24.3 Å². The minimum atomic E-state index is 0.0998. The summed E-state index contributed by atoms with van der Waals surface area (Å²) < 4.78 is 7.25. The van der Waals surface area contributed by atoms with E-state index in [9.17, 15) is 0 Å². The van der Waals surface area contributed by atoms with Crippen LogP contribution in [0.3, 0.4) is 0 Å². The second-order valence-corrected chi connectivity index (χ2v) is 6.90. The van der Waals surface area contributed by atoms with Crippen LogP contribution >= 0.6 is 22.6 Å². The normalized spacial score (nSPS) is 27.8. The second kappa shape index (κ2) is 4.33. The molecule has 1 nitrogen and oxygen atoms in total. The summed E-state index contributed by atoms with van der Waals surface area (Å²) in [5, 5.41) is 0.0998. The van der Waals surface area contributed by atoms with Crippen molar-refractivity contribution in [2.45, 2.75) is 24.5 Å². The van der Waals surface area contributed by atoms with Crippen LogP contribution in [-0.4, -0.2) is 16.8 Å². The van der Waals surface area contributed by atoms with E-state index in [2.05, 4.69) is 46.9 Å². The van der Waals surface area contributed by atoms with Gasteiger partial charge in [-0.3, -0.25) is 0 Å². The van der Waals surface area contributed by atoms with Gasteiger partial charge in [-0.2, -0.15) is 0 Å². The summed E-state index contributed by atoms with van der Waals surface area (Å²) in [6, 6.07) is 8.79. The molecule has 1 aliphatic heterocycles. The van der Waals surface area contributed by atoms with Crippen molar-refractivity contribution in [2.75, 3.05) is 6.61 Å². The van der Waals surface area contributed by atoms with E-state index in [0.29, 0.717) is 0 Å². The van der Waals surface area contributed by atoms with Crippen LogP contribution in [0.1, 0.15) is 24.8 Å². The van der Waals surface area contributed by atoms with Crippen molar-refractivity contribution in [3.05, 3.63) is 33.4 Å². The Bertz CT molecular complexity index is 304. The first-order chi connectivity index (χ1) is 6.71. The summed E-state index contributed by atoms with van der Waals surface area (Å²) in [5.74, 6) is 0. The fraction of sp³-hybridized carbons (Fsp3) is 0.455. The fourth-order valence-electron chi connectivity index (χ4n) is 1.96. The number of hydrogen-bond acceptors (Lipinski definition) is 1. The van der Waals surface area contributed by atoms with Gasteiger partial charge in [-0.15, -0.1) is 0 Å². The Morgan fingerprint density at radius 3 is 2.50 bits per heavy atom. The minimum Gasteiger partial charge on any atom is -0.375 e. The van der Waals surface area contributed by atoms with Crippen LogP contribution in [0.4, 0.5) is 0 Å². The number of benzene rings is 1. The average molecular weight is 318 g/mol. The molecular formula is C11H15IOSi. The van der Waals surface area contributed by atoms with Crippen LogP contribution in [0, 0.1) is 3.57 Å². The van der Waals surface area contributed by atoms with Gasteiger partial charge in [0.15, 0.2) is 0 Å². The van der Waals surface area contributed by atoms with E-state index in [1.165, 1.54) is 28.4 Å². The first kappa shape index (κ1) is 10.6. The topological polar surface area (TPSA) is 9.23 Å².